The highest BCUT2D eigenvalue weighted by Crippen LogP contribution is 2.22. The number of nitrogens with two attached hydrogens (primary N) is 1. The molecule has 0 aromatic carbocycles. The van der Waals surface area contributed by atoms with Crippen molar-refractivity contribution >= 4 is 0 Å². The van der Waals surface area contributed by atoms with Crippen LogP contribution in [0.15, 0.2) is 0 Å². The molecular weight excluding hydrogens is 188 g/mol. The Morgan fingerprint density at radius 3 is 2.47 bits per heavy atom. The number of nitrogens with zero attached hydrogens (tertiary/aromatic N) is 1. The molecule has 0 radical (unpaired) electrons. The minimum atomic E-state index is 0.110. The van der Waals surface area contributed by atoms with E-state index in [1.54, 1.807) is 0 Å². The summed E-state index contributed by atoms with van der Waals surface area (Å²) in [7, 11) is 0. The Morgan fingerprint density at radius 2 is 1.93 bits per heavy atom. The summed E-state index contributed by atoms with van der Waals surface area (Å²) in [5.41, 5.74) is 6.40. The Kier molecular flexibility index (Phi) is 5.03. The summed E-state index contributed by atoms with van der Waals surface area (Å²) < 4.78 is 5.37. The van der Waals surface area contributed by atoms with Crippen molar-refractivity contribution in [1.29, 1.82) is 0 Å². The predicted octanol–water partition coefficient (Wildman–Crippen LogP) is 1.61. The first-order valence-electron chi connectivity index (χ1n) is 6.17. The zero-order chi connectivity index (χ0) is 11.3. The van der Waals surface area contributed by atoms with Gasteiger partial charge >= 0.3 is 0 Å². The van der Waals surface area contributed by atoms with Crippen molar-refractivity contribution in [1.82, 2.24) is 4.90 Å². The fraction of sp³-hybridized carbons (Fsp3) is 1.00. The van der Waals surface area contributed by atoms with E-state index in [0.29, 0.717) is 0 Å². The molecule has 1 aliphatic heterocycles. The normalized spacial score (nSPS) is 21.6. The Morgan fingerprint density at radius 1 is 1.33 bits per heavy atom. The van der Waals surface area contributed by atoms with Crippen LogP contribution in [0.3, 0.4) is 0 Å². The lowest BCUT2D eigenvalue weighted by atomic mass is 9.89. The highest BCUT2D eigenvalue weighted by molar-refractivity contribution is 4.92. The summed E-state index contributed by atoms with van der Waals surface area (Å²) in [6.45, 7) is 10.5. The standard InChI is InChI=1S/C12H26N2O/c1-4-5-6-11(13)12(2,3)14-7-9-15-10-8-14/h11H,4-10,13H2,1-3H3. The molecule has 1 fully saturated rings. The third-order valence-corrected chi connectivity index (χ3v) is 3.60. The maximum absolute atomic E-state index is 6.29. The quantitative estimate of drug-likeness (QED) is 0.755. The molecule has 1 atom stereocenters. The second-order valence-electron chi connectivity index (χ2n) is 5.00. The molecule has 0 saturated carbocycles. The molecule has 1 unspecified atom stereocenters. The summed E-state index contributed by atoms with van der Waals surface area (Å²) in [6.07, 6.45) is 3.59. The van der Waals surface area contributed by atoms with Crippen molar-refractivity contribution in [2.24, 2.45) is 5.73 Å². The molecule has 0 aromatic rings. The first-order valence-corrected chi connectivity index (χ1v) is 6.17. The largest absolute Gasteiger partial charge is 0.379 e. The van der Waals surface area contributed by atoms with Crippen LogP contribution in [0.4, 0.5) is 0 Å². The number of morpholine rings is 1. The van der Waals surface area contributed by atoms with E-state index < -0.39 is 0 Å². The highest BCUT2D eigenvalue weighted by Gasteiger charge is 2.33. The van der Waals surface area contributed by atoms with Crippen molar-refractivity contribution in [3.63, 3.8) is 0 Å². The van der Waals surface area contributed by atoms with Crippen molar-refractivity contribution in [2.75, 3.05) is 26.3 Å². The van der Waals surface area contributed by atoms with E-state index in [2.05, 4.69) is 25.7 Å². The smallest absolute Gasteiger partial charge is 0.0594 e. The van der Waals surface area contributed by atoms with E-state index in [9.17, 15) is 0 Å². The average Bonchev–Trinajstić information content (AvgIpc) is 2.27. The maximum Gasteiger partial charge on any atom is 0.0594 e. The molecule has 1 saturated heterocycles. The van der Waals surface area contributed by atoms with Crippen molar-refractivity contribution in [3.8, 4) is 0 Å². The van der Waals surface area contributed by atoms with E-state index >= 15 is 0 Å². The van der Waals surface area contributed by atoms with Crippen LogP contribution in [0.25, 0.3) is 0 Å². The minimum absolute atomic E-state index is 0.110. The third-order valence-electron chi connectivity index (χ3n) is 3.60. The van der Waals surface area contributed by atoms with Gasteiger partial charge < -0.3 is 10.5 Å². The van der Waals surface area contributed by atoms with Crippen LogP contribution in [0.1, 0.15) is 40.0 Å². The molecule has 2 N–H and O–H groups in total. The molecule has 1 aliphatic rings. The van der Waals surface area contributed by atoms with E-state index in [4.69, 9.17) is 10.5 Å². The van der Waals surface area contributed by atoms with E-state index in [1.165, 1.54) is 12.8 Å². The Bertz CT molecular complexity index is 176. The van der Waals surface area contributed by atoms with Crippen molar-refractivity contribution in [2.45, 2.75) is 51.6 Å². The molecule has 1 heterocycles. The predicted molar refractivity (Wildman–Crippen MR) is 64.0 cm³/mol. The van der Waals surface area contributed by atoms with Gasteiger partial charge in [0, 0.05) is 24.7 Å². The fourth-order valence-corrected chi connectivity index (χ4v) is 2.15. The fourth-order valence-electron chi connectivity index (χ4n) is 2.15. The second-order valence-corrected chi connectivity index (χ2v) is 5.00. The van der Waals surface area contributed by atoms with Crippen molar-refractivity contribution < 1.29 is 4.74 Å². The lowest BCUT2D eigenvalue weighted by Gasteiger charge is -2.44. The van der Waals surface area contributed by atoms with Gasteiger partial charge in [0.1, 0.15) is 0 Å². The van der Waals surface area contributed by atoms with Gasteiger partial charge in [-0.3, -0.25) is 4.90 Å². The highest BCUT2D eigenvalue weighted by atomic mass is 16.5. The van der Waals surface area contributed by atoms with Gasteiger partial charge in [-0.05, 0) is 20.3 Å². The van der Waals surface area contributed by atoms with Crippen LogP contribution in [0.2, 0.25) is 0 Å². The zero-order valence-electron chi connectivity index (χ0n) is 10.5. The van der Waals surface area contributed by atoms with Crippen molar-refractivity contribution in [3.05, 3.63) is 0 Å². The lowest BCUT2D eigenvalue weighted by Crippen LogP contribution is -2.59. The van der Waals surface area contributed by atoms with E-state index in [1.807, 2.05) is 0 Å². The minimum Gasteiger partial charge on any atom is -0.379 e. The molecule has 0 bridgehead atoms. The van der Waals surface area contributed by atoms with Gasteiger partial charge in [0.05, 0.1) is 13.2 Å². The summed E-state index contributed by atoms with van der Waals surface area (Å²) in [4.78, 5) is 2.47. The number of hydrogen-bond acceptors (Lipinski definition) is 3. The first kappa shape index (κ1) is 12.9. The summed E-state index contributed by atoms with van der Waals surface area (Å²) in [5.74, 6) is 0. The van der Waals surface area contributed by atoms with Crippen LogP contribution >= 0.6 is 0 Å². The van der Waals surface area contributed by atoms with Gasteiger partial charge in [0.25, 0.3) is 0 Å². The maximum atomic E-state index is 6.29. The van der Waals surface area contributed by atoms with Crippen LogP contribution in [0.5, 0.6) is 0 Å². The Hall–Kier alpha value is -0.120. The molecule has 0 aliphatic carbocycles. The lowest BCUT2D eigenvalue weighted by molar-refractivity contribution is -0.0197. The van der Waals surface area contributed by atoms with Gasteiger partial charge in [0.2, 0.25) is 0 Å². The molecule has 0 aromatic heterocycles. The number of unbranched alkanes of at least 4 members (excludes halogenated alkanes) is 1. The monoisotopic (exact) mass is 214 g/mol. The topological polar surface area (TPSA) is 38.5 Å². The van der Waals surface area contributed by atoms with Crippen LogP contribution in [-0.2, 0) is 4.74 Å². The average molecular weight is 214 g/mol. The summed E-state index contributed by atoms with van der Waals surface area (Å²) in [6, 6.07) is 0.274. The van der Waals surface area contributed by atoms with E-state index in [0.717, 1.165) is 32.7 Å². The second kappa shape index (κ2) is 5.83. The SMILES string of the molecule is CCCCC(N)C(C)(C)N1CCOCC1. The molecule has 3 nitrogen and oxygen atoms in total. The number of rotatable bonds is 5. The third kappa shape index (κ3) is 3.44. The first-order chi connectivity index (χ1) is 7.09. The van der Waals surface area contributed by atoms with Gasteiger partial charge in [-0.25, -0.2) is 0 Å². The Labute approximate surface area is 94.0 Å². The molecule has 90 valence electrons. The van der Waals surface area contributed by atoms with Gasteiger partial charge in [-0.2, -0.15) is 0 Å². The van der Waals surface area contributed by atoms with Gasteiger partial charge in [-0.15, -0.1) is 0 Å². The Balaban J connectivity index is 2.46. The van der Waals surface area contributed by atoms with E-state index in [-0.39, 0.29) is 11.6 Å². The summed E-state index contributed by atoms with van der Waals surface area (Å²) in [5, 5.41) is 0. The molecule has 15 heavy (non-hydrogen) atoms. The number of hydrogen-bond donors (Lipinski definition) is 1. The van der Waals surface area contributed by atoms with Gasteiger partial charge in [0.15, 0.2) is 0 Å². The molecule has 0 spiro atoms. The molecule has 0 amide bonds. The molecule has 1 rings (SSSR count). The van der Waals surface area contributed by atoms with Crippen LogP contribution in [-0.4, -0.2) is 42.8 Å². The summed E-state index contributed by atoms with van der Waals surface area (Å²) >= 11 is 0. The van der Waals surface area contributed by atoms with Crippen LogP contribution in [0, 0.1) is 0 Å². The number of ether oxygens (including phenoxy) is 1. The zero-order valence-corrected chi connectivity index (χ0v) is 10.5. The van der Waals surface area contributed by atoms with Crippen LogP contribution < -0.4 is 5.73 Å². The van der Waals surface area contributed by atoms with Gasteiger partial charge in [-0.1, -0.05) is 19.8 Å². The molecule has 3 heteroatoms. The molecular formula is C12H26N2O.